The lowest BCUT2D eigenvalue weighted by atomic mass is 10.2. The molecule has 1 aliphatic carbocycles. The van der Waals surface area contributed by atoms with Crippen LogP contribution in [0.2, 0.25) is 0 Å². The van der Waals surface area contributed by atoms with E-state index in [1.807, 2.05) is 6.08 Å². The van der Waals surface area contributed by atoms with Crippen molar-refractivity contribution in [1.29, 1.82) is 0 Å². The van der Waals surface area contributed by atoms with Crippen LogP contribution in [0.4, 0.5) is 4.79 Å². The molecule has 1 amide bonds. The zero-order chi connectivity index (χ0) is 13.9. The highest BCUT2D eigenvalue weighted by Gasteiger charge is 2.31. The van der Waals surface area contributed by atoms with Crippen molar-refractivity contribution >= 4 is 34.7 Å². The number of amides is 1. The Bertz CT molecular complexity index is 373. The normalized spacial score (nSPS) is 23.3. The molecule has 0 saturated carbocycles. The number of alkyl carbamates (subject to hydrolysis) is 1. The van der Waals surface area contributed by atoms with Crippen LogP contribution in [0.25, 0.3) is 0 Å². The van der Waals surface area contributed by atoms with Gasteiger partial charge in [-0.2, -0.15) is 0 Å². The van der Waals surface area contributed by atoms with Gasteiger partial charge in [0.1, 0.15) is 5.60 Å². The molecule has 0 unspecified atom stereocenters. The maximum atomic E-state index is 11.6. The average Bonchev–Trinajstić information content (AvgIpc) is 2.56. The third kappa shape index (κ3) is 4.47. The smallest absolute Gasteiger partial charge is 0.407 e. The van der Waals surface area contributed by atoms with Crippen LogP contribution < -0.4 is 5.32 Å². The SMILES string of the molecule is COC(=O)C1=C[C@H](I)[C@@H](NC(=O)OC(C)(C)C)C1. The van der Waals surface area contributed by atoms with Crippen molar-refractivity contribution in [3.63, 3.8) is 0 Å². The molecule has 0 fully saturated rings. The molecular formula is C12H18INO4. The van der Waals surface area contributed by atoms with Crippen LogP contribution in [0, 0.1) is 0 Å². The summed E-state index contributed by atoms with van der Waals surface area (Å²) in [6.07, 6.45) is 1.82. The van der Waals surface area contributed by atoms with Crippen molar-refractivity contribution in [1.82, 2.24) is 5.32 Å². The average molecular weight is 367 g/mol. The molecule has 0 aromatic carbocycles. The van der Waals surface area contributed by atoms with Gasteiger partial charge in [0.05, 0.1) is 17.1 Å². The topological polar surface area (TPSA) is 64.6 Å². The highest BCUT2D eigenvalue weighted by atomic mass is 127. The Morgan fingerprint density at radius 1 is 1.44 bits per heavy atom. The summed E-state index contributed by atoms with van der Waals surface area (Å²) in [5, 5.41) is 2.77. The van der Waals surface area contributed by atoms with Gasteiger partial charge in [-0.15, -0.1) is 0 Å². The molecule has 0 aromatic rings. The van der Waals surface area contributed by atoms with E-state index in [9.17, 15) is 9.59 Å². The highest BCUT2D eigenvalue weighted by Crippen LogP contribution is 2.26. The van der Waals surface area contributed by atoms with Crippen molar-refractivity contribution in [3.8, 4) is 0 Å². The van der Waals surface area contributed by atoms with Gasteiger partial charge in [0.25, 0.3) is 0 Å². The molecule has 0 heterocycles. The molecule has 0 aromatic heterocycles. The van der Waals surface area contributed by atoms with Gasteiger partial charge in [-0.25, -0.2) is 9.59 Å². The van der Waals surface area contributed by atoms with Crippen molar-refractivity contribution in [2.24, 2.45) is 0 Å². The third-order valence-electron chi connectivity index (χ3n) is 2.33. The van der Waals surface area contributed by atoms with Gasteiger partial charge >= 0.3 is 12.1 Å². The summed E-state index contributed by atoms with van der Waals surface area (Å²) in [5.41, 5.74) is 0.0696. The van der Waals surface area contributed by atoms with E-state index in [4.69, 9.17) is 4.74 Å². The predicted molar refractivity (Wildman–Crippen MR) is 75.7 cm³/mol. The fourth-order valence-electron chi connectivity index (χ4n) is 1.60. The number of hydrogen-bond donors (Lipinski definition) is 1. The molecule has 2 atom stereocenters. The molecule has 0 saturated heterocycles. The Morgan fingerprint density at radius 2 is 2.06 bits per heavy atom. The van der Waals surface area contributed by atoms with E-state index in [1.165, 1.54) is 7.11 Å². The summed E-state index contributed by atoms with van der Waals surface area (Å²) in [6, 6.07) is -0.130. The molecule has 0 bridgehead atoms. The number of carbonyl (C=O) groups excluding carboxylic acids is 2. The minimum absolute atomic E-state index is 0.0595. The van der Waals surface area contributed by atoms with Gasteiger partial charge < -0.3 is 14.8 Å². The van der Waals surface area contributed by atoms with E-state index in [0.717, 1.165) is 0 Å². The molecule has 1 rings (SSSR count). The quantitative estimate of drug-likeness (QED) is 0.462. The molecule has 18 heavy (non-hydrogen) atoms. The maximum absolute atomic E-state index is 11.6. The number of alkyl halides is 1. The molecule has 1 N–H and O–H groups in total. The summed E-state index contributed by atoms with van der Waals surface area (Å²) in [5.74, 6) is -0.342. The first kappa shape index (κ1) is 15.3. The van der Waals surface area contributed by atoms with Gasteiger partial charge in [0.15, 0.2) is 0 Å². The molecule has 0 radical (unpaired) electrons. The summed E-state index contributed by atoms with van der Waals surface area (Å²) >= 11 is 2.18. The molecule has 6 heteroatoms. The molecule has 1 aliphatic rings. The van der Waals surface area contributed by atoms with Crippen LogP contribution >= 0.6 is 22.6 Å². The zero-order valence-corrected chi connectivity index (χ0v) is 13.1. The fraction of sp³-hybridized carbons (Fsp3) is 0.667. The Balaban J connectivity index is 2.52. The Hall–Kier alpha value is -0.790. The van der Waals surface area contributed by atoms with Crippen LogP contribution in [0.1, 0.15) is 27.2 Å². The molecule has 0 spiro atoms. The van der Waals surface area contributed by atoms with Crippen molar-refractivity contribution < 1.29 is 19.1 Å². The summed E-state index contributed by atoms with van der Waals surface area (Å²) in [4.78, 5) is 23.0. The lowest BCUT2D eigenvalue weighted by Crippen LogP contribution is -2.41. The van der Waals surface area contributed by atoms with Crippen LogP contribution in [-0.2, 0) is 14.3 Å². The lowest BCUT2D eigenvalue weighted by molar-refractivity contribution is -0.136. The Kier molecular flexibility index (Phi) is 5.01. The van der Waals surface area contributed by atoms with Crippen LogP contribution in [-0.4, -0.2) is 34.7 Å². The van der Waals surface area contributed by atoms with E-state index < -0.39 is 11.7 Å². The molecule has 0 aliphatic heterocycles. The number of methoxy groups -OCH3 is 1. The fourth-order valence-corrected chi connectivity index (χ4v) is 2.47. The number of hydrogen-bond acceptors (Lipinski definition) is 4. The predicted octanol–water partition coefficient (Wildman–Crippen LogP) is 2.19. The van der Waals surface area contributed by atoms with Crippen molar-refractivity contribution in [2.45, 2.75) is 42.8 Å². The van der Waals surface area contributed by atoms with Gasteiger partial charge in [-0.1, -0.05) is 28.7 Å². The first-order chi connectivity index (χ1) is 8.23. The van der Waals surface area contributed by atoms with Crippen LogP contribution in [0.3, 0.4) is 0 Å². The van der Waals surface area contributed by atoms with Crippen LogP contribution in [0.5, 0.6) is 0 Å². The number of nitrogens with one attached hydrogen (secondary N) is 1. The van der Waals surface area contributed by atoms with Gasteiger partial charge in [0, 0.05) is 12.0 Å². The van der Waals surface area contributed by atoms with E-state index in [-0.39, 0.29) is 15.9 Å². The highest BCUT2D eigenvalue weighted by molar-refractivity contribution is 14.1. The number of esters is 1. The molecular weight excluding hydrogens is 349 g/mol. The van der Waals surface area contributed by atoms with E-state index in [0.29, 0.717) is 12.0 Å². The second kappa shape index (κ2) is 5.90. The van der Waals surface area contributed by atoms with E-state index >= 15 is 0 Å². The number of rotatable bonds is 2. The third-order valence-corrected chi connectivity index (χ3v) is 3.56. The number of halogens is 1. The Morgan fingerprint density at radius 3 is 2.56 bits per heavy atom. The first-order valence-electron chi connectivity index (χ1n) is 5.65. The minimum Gasteiger partial charge on any atom is -0.466 e. The second-order valence-corrected chi connectivity index (χ2v) is 6.52. The van der Waals surface area contributed by atoms with Gasteiger partial charge in [-0.3, -0.25) is 0 Å². The standard InChI is InChI=1S/C12H18INO4/c1-12(2,3)18-11(16)14-9-6-7(5-8(9)13)10(15)17-4/h5,8-9H,6H2,1-4H3,(H,14,16)/t8-,9-/m0/s1. The van der Waals surface area contributed by atoms with E-state index in [1.54, 1.807) is 20.8 Å². The van der Waals surface area contributed by atoms with Gasteiger partial charge in [0.2, 0.25) is 0 Å². The number of ether oxygens (including phenoxy) is 2. The first-order valence-corrected chi connectivity index (χ1v) is 6.90. The largest absolute Gasteiger partial charge is 0.466 e. The van der Waals surface area contributed by atoms with E-state index in [2.05, 4.69) is 32.6 Å². The molecule has 102 valence electrons. The Labute approximate surface area is 120 Å². The summed E-state index contributed by atoms with van der Waals surface area (Å²) in [7, 11) is 1.35. The lowest BCUT2D eigenvalue weighted by Gasteiger charge is -2.23. The second-order valence-electron chi connectivity index (χ2n) is 5.08. The maximum Gasteiger partial charge on any atom is 0.407 e. The molecule has 5 nitrogen and oxygen atoms in total. The zero-order valence-electron chi connectivity index (χ0n) is 11.0. The van der Waals surface area contributed by atoms with Gasteiger partial charge in [-0.05, 0) is 20.8 Å². The van der Waals surface area contributed by atoms with Crippen molar-refractivity contribution in [2.75, 3.05) is 7.11 Å². The van der Waals surface area contributed by atoms with Crippen LogP contribution in [0.15, 0.2) is 11.6 Å². The summed E-state index contributed by atoms with van der Waals surface area (Å²) in [6.45, 7) is 5.42. The monoisotopic (exact) mass is 367 g/mol. The summed E-state index contributed by atoms with van der Waals surface area (Å²) < 4.78 is 9.90. The number of carbonyl (C=O) groups is 2. The minimum atomic E-state index is -0.526. The van der Waals surface area contributed by atoms with Crippen molar-refractivity contribution in [3.05, 3.63) is 11.6 Å².